The zero-order chi connectivity index (χ0) is 28.9. The van der Waals surface area contributed by atoms with E-state index in [9.17, 15) is 29.1 Å². The molecule has 1 aromatic heterocycles. The minimum absolute atomic E-state index is 0.113. The van der Waals surface area contributed by atoms with Gasteiger partial charge in [-0.05, 0) is 50.3 Å². The standard InChI is InChI=1S/C25H37N7O6S/c26-10-4-3-7-19(25(37)38)31-23(35)18(8-9-21(28)33)30-24(36)20(13-39)32-22(34)16(27)11-14-12-29-17-6-2-1-5-15(14)17/h1-2,5-6,12,16,18-20,29,39H,3-4,7-11,13,26-27H2,(H2,28,33)(H,30,36)(H,31,35)(H,32,34)(H,37,38). The number of unbranched alkanes of at least 4 members (excludes halogenated alkanes) is 1. The van der Waals surface area contributed by atoms with Crippen molar-refractivity contribution in [3.63, 3.8) is 0 Å². The van der Waals surface area contributed by atoms with Crippen LogP contribution < -0.4 is 33.2 Å². The van der Waals surface area contributed by atoms with Crippen LogP contribution >= 0.6 is 12.6 Å². The van der Waals surface area contributed by atoms with Crippen molar-refractivity contribution in [2.24, 2.45) is 17.2 Å². The number of amides is 4. The highest BCUT2D eigenvalue weighted by Gasteiger charge is 2.30. The summed E-state index contributed by atoms with van der Waals surface area (Å²) in [6, 6.07) is 2.94. The Hall–Kier alpha value is -3.62. The van der Waals surface area contributed by atoms with Crippen LogP contribution in [0, 0.1) is 0 Å². The lowest BCUT2D eigenvalue weighted by Gasteiger charge is -2.24. The Morgan fingerprint density at radius 2 is 1.56 bits per heavy atom. The molecule has 4 amide bonds. The molecule has 39 heavy (non-hydrogen) atoms. The van der Waals surface area contributed by atoms with Crippen molar-refractivity contribution in [2.45, 2.75) is 62.7 Å². The molecular weight excluding hydrogens is 526 g/mol. The van der Waals surface area contributed by atoms with Gasteiger partial charge in [0.2, 0.25) is 23.6 Å². The summed E-state index contributed by atoms with van der Waals surface area (Å²) < 4.78 is 0. The van der Waals surface area contributed by atoms with Crippen molar-refractivity contribution in [1.29, 1.82) is 0 Å². The summed E-state index contributed by atoms with van der Waals surface area (Å²) in [4.78, 5) is 64.6. The van der Waals surface area contributed by atoms with Gasteiger partial charge < -0.3 is 43.2 Å². The zero-order valence-electron chi connectivity index (χ0n) is 21.5. The number of aromatic amines is 1. The SMILES string of the molecule is NCCCCC(NC(=O)C(CCC(N)=O)NC(=O)C(CS)NC(=O)C(N)Cc1c[nH]c2ccccc12)C(=O)O. The Morgan fingerprint density at radius 3 is 2.21 bits per heavy atom. The molecular formula is C25H37N7O6S. The number of aliphatic carboxylic acids is 1. The van der Waals surface area contributed by atoms with E-state index >= 15 is 0 Å². The number of benzene rings is 1. The third kappa shape index (κ3) is 9.89. The highest BCUT2D eigenvalue weighted by Crippen LogP contribution is 2.18. The van der Waals surface area contributed by atoms with Crippen LogP contribution in [0.2, 0.25) is 0 Å². The normalized spacial score (nSPS) is 14.1. The number of primary amides is 1. The lowest BCUT2D eigenvalue weighted by atomic mass is 10.0. The largest absolute Gasteiger partial charge is 0.480 e. The topological polar surface area (TPSA) is 236 Å². The van der Waals surface area contributed by atoms with Crippen LogP contribution in [0.25, 0.3) is 10.9 Å². The number of thiol groups is 1. The zero-order valence-corrected chi connectivity index (χ0v) is 22.4. The summed E-state index contributed by atoms with van der Waals surface area (Å²) in [7, 11) is 0. The smallest absolute Gasteiger partial charge is 0.326 e. The van der Waals surface area contributed by atoms with E-state index in [0.717, 1.165) is 16.5 Å². The number of fused-ring (bicyclic) bond motifs is 1. The molecule has 0 fully saturated rings. The maximum absolute atomic E-state index is 13.0. The Bertz CT molecular complexity index is 1160. The molecule has 1 aromatic carbocycles. The molecule has 1 heterocycles. The first kappa shape index (κ1) is 31.6. The molecule has 0 aliphatic heterocycles. The van der Waals surface area contributed by atoms with Crippen molar-refractivity contribution < 1.29 is 29.1 Å². The molecule has 2 aromatic rings. The van der Waals surface area contributed by atoms with Crippen LogP contribution in [0.5, 0.6) is 0 Å². The summed E-state index contributed by atoms with van der Waals surface area (Å²) in [5.41, 5.74) is 18.5. The second kappa shape index (κ2) is 15.7. The number of carboxylic acids is 1. The molecule has 13 nitrogen and oxygen atoms in total. The van der Waals surface area contributed by atoms with Gasteiger partial charge in [0.05, 0.1) is 6.04 Å². The van der Waals surface area contributed by atoms with Crippen molar-refractivity contribution in [3.8, 4) is 0 Å². The second-order valence-corrected chi connectivity index (χ2v) is 9.53. The van der Waals surface area contributed by atoms with Gasteiger partial charge in [-0.2, -0.15) is 12.6 Å². The number of hydrogen-bond acceptors (Lipinski definition) is 8. The number of nitrogens with two attached hydrogens (primary N) is 3. The van der Waals surface area contributed by atoms with E-state index in [1.165, 1.54) is 0 Å². The first-order chi connectivity index (χ1) is 18.6. The van der Waals surface area contributed by atoms with Crippen molar-refractivity contribution >= 4 is 53.1 Å². The molecule has 0 bridgehead atoms. The summed E-state index contributed by atoms with van der Waals surface area (Å²) in [5.74, 6) is -4.22. The van der Waals surface area contributed by atoms with Crippen LogP contribution in [0.15, 0.2) is 30.5 Å². The van der Waals surface area contributed by atoms with Gasteiger partial charge in [0, 0.05) is 29.3 Å². The number of rotatable bonds is 17. The van der Waals surface area contributed by atoms with Gasteiger partial charge in [-0.3, -0.25) is 19.2 Å². The first-order valence-electron chi connectivity index (χ1n) is 12.6. The highest BCUT2D eigenvalue weighted by atomic mass is 32.1. The van der Waals surface area contributed by atoms with Gasteiger partial charge in [0.15, 0.2) is 0 Å². The van der Waals surface area contributed by atoms with E-state index < -0.39 is 53.8 Å². The van der Waals surface area contributed by atoms with E-state index in [1.54, 1.807) is 6.20 Å². The summed E-state index contributed by atoms with van der Waals surface area (Å²) in [6.45, 7) is 0.375. The summed E-state index contributed by atoms with van der Waals surface area (Å²) >= 11 is 4.14. The fraction of sp³-hybridized carbons (Fsp3) is 0.480. The highest BCUT2D eigenvalue weighted by molar-refractivity contribution is 7.80. The Labute approximate surface area is 231 Å². The number of carbonyl (C=O) groups excluding carboxylic acids is 4. The number of H-pyrrole nitrogens is 1. The fourth-order valence-corrected chi connectivity index (χ4v) is 4.21. The predicted molar refractivity (Wildman–Crippen MR) is 149 cm³/mol. The van der Waals surface area contributed by atoms with E-state index in [-0.39, 0.29) is 31.4 Å². The number of carboxylic acid groups (broad SMARTS) is 1. The Balaban J connectivity index is 2.04. The molecule has 0 aliphatic rings. The van der Waals surface area contributed by atoms with Crippen molar-refractivity contribution in [2.75, 3.05) is 12.3 Å². The fourth-order valence-electron chi connectivity index (χ4n) is 3.95. The average molecular weight is 564 g/mol. The minimum atomic E-state index is -1.28. The monoisotopic (exact) mass is 563 g/mol. The summed E-state index contributed by atoms with van der Waals surface area (Å²) in [5, 5.41) is 17.8. The predicted octanol–water partition coefficient (Wildman–Crippen LogP) is -1.10. The van der Waals surface area contributed by atoms with Gasteiger partial charge in [-0.25, -0.2) is 4.79 Å². The average Bonchev–Trinajstić information content (AvgIpc) is 3.31. The van der Waals surface area contributed by atoms with Crippen LogP contribution in [-0.4, -0.2) is 76.2 Å². The number of carbonyl (C=O) groups is 5. The maximum atomic E-state index is 13.0. The van der Waals surface area contributed by atoms with Crippen LogP contribution in [-0.2, 0) is 30.4 Å². The number of hydrogen-bond donors (Lipinski definition) is 9. The molecule has 0 saturated heterocycles. The molecule has 2 rings (SSSR count). The van der Waals surface area contributed by atoms with Gasteiger partial charge in [-0.15, -0.1) is 0 Å². The lowest BCUT2D eigenvalue weighted by molar-refractivity contribution is -0.142. The number of nitrogens with one attached hydrogen (secondary N) is 4. The third-order valence-electron chi connectivity index (χ3n) is 6.14. The van der Waals surface area contributed by atoms with Crippen LogP contribution in [0.1, 0.15) is 37.7 Å². The molecule has 14 heteroatoms. The van der Waals surface area contributed by atoms with Gasteiger partial charge in [-0.1, -0.05) is 18.2 Å². The van der Waals surface area contributed by atoms with Crippen molar-refractivity contribution in [3.05, 3.63) is 36.0 Å². The van der Waals surface area contributed by atoms with Crippen LogP contribution in [0.4, 0.5) is 0 Å². The molecule has 4 unspecified atom stereocenters. The number of aromatic nitrogens is 1. The summed E-state index contributed by atoms with van der Waals surface area (Å²) in [6.07, 6.45) is 2.75. The molecule has 0 saturated carbocycles. The molecule has 4 atom stereocenters. The molecule has 0 aliphatic carbocycles. The molecule has 11 N–H and O–H groups in total. The van der Waals surface area contributed by atoms with E-state index in [0.29, 0.717) is 19.4 Å². The van der Waals surface area contributed by atoms with E-state index in [2.05, 4.69) is 33.6 Å². The van der Waals surface area contributed by atoms with Gasteiger partial charge in [0.1, 0.15) is 18.1 Å². The Morgan fingerprint density at radius 1 is 0.923 bits per heavy atom. The second-order valence-electron chi connectivity index (χ2n) is 9.16. The van der Waals surface area contributed by atoms with E-state index in [1.807, 2.05) is 24.3 Å². The third-order valence-corrected chi connectivity index (χ3v) is 6.51. The molecule has 214 valence electrons. The quantitative estimate of drug-likeness (QED) is 0.0844. The van der Waals surface area contributed by atoms with Crippen LogP contribution in [0.3, 0.4) is 0 Å². The van der Waals surface area contributed by atoms with Gasteiger partial charge in [0.25, 0.3) is 0 Å². The first-order valence-corrected chi connectivity index (χ1v) is 13.2. The minimum Gasteiger partial charge on any atom is -0.480 e. The molecule has 0 spiro atoms. The van der Waals surface area contributed by atoms with Gasteiger partial charge >= 0.3 is 5.97 Å². The maximum Gasteiger partial charge on any atom is 0.326 e. The van der Waals surface area contributed by atoms with Crippen molar-refractivity contribution in [1.82, 2.24) is 20.9 Å². The van der Waals surface area contributed by atoms with E-state index in [4.69, 9.17) is 17.2 Å². The Kier molecular flexibility index (Phi) is 12.7. The molecule has 0 radical (unpaired) electrons. The number of para-hydroxylation sites is 1. The lowest BCUT2D eigenvalue weighted by Crippen LogP contribution is -2.57.